The lowest BCUT2D eigenvalue weighted by atomic mass is 9.89. The number of nitriles is 1. The van der Waals surface area contributed by atoms with E-state index in [1.165, 1.54) is 4.90 Å². The van der Waals surface area contributed by atoms with Gasteiger partial charge in [-0.15, -0.1) is 11.8 Å². The maximum absolute atomic E-state index is 9.43. The fourth-order valence-corrected chi connectivity index (χ4v) is 2.67. The summed E-state index contributed by atoms with van der Waals surface area (Å²) in [6.07, 6.45) is 2.80. The molecule has 19 heavy (non-hydrogen) atoms. The summed E-state index contributed by atoms with van der Waals surface area (Å²) < 4.78 is 0. The van der Waals surface area contributed by atoms with Crippen LogP contribution in [-0.4, -0.2) is 10.9 Å². The second-order valence-electron chi connectivity index (χ2n) is 5.55. The minimum atomic E-state index is -0.396. The Morgan fingerprint density at radius 2 is 1.89 bits per heavy atom. The van der Waals surface area contributed by atoms with Crippen molar-refractivity contribution >= 4 is 11.8 Å². The molecule has 1 aromatic carbocycles. The van der Waals surface area contributed by atoms with Gasteiger partial charge in [0.05, 0.1) is 17.6 Å². The zero-order valence-corrected chi connectivity index (χ0v) is 12.8. The average Bonchev–Trinajstić information content (AvgIpc) is 2.39. The van der Waals surface area contributed by atoms with E-state index in [1.54, 1.807) is 6.92 Å². The second-order valence-corrected chi connectivity index (χ2v) is 6.71. The number of rotatable bonds is 7. The lowest BCUT2D eigenvalue weighted by Crippen LogP contribution is -2.07. The van der Waals surface area contributed by atoms with Gasteiger partial charge in [-0.05, 0) is 57.1 Å². The third-order valence-corrected chi connectivity index (χ3v) is 4.23. The standard InChI is InChI=1S/C16H23NOS/c1-13(18)14-6-8-15(9-7-14)19-11-5-4-10-16(2,3)12-17/h6-9,13,18H,4-5,10-11H2,1-3H3. The summed E-state index contributed by atoms with van der Waals surface area (Å²) in [5.41, 5.74) is 0.768. The van der Waals surface area contributed by atoms with Crippen LogP contribution in [0.25, 0.3) is 0 Å². The zero-order valence-electron chi connectivity index (χ0n) is 12.0. The molecule has 3 heteroatoms. The maximum atomic E-state index is 9.43. The Morgan fingerprint density at radius 3 is 2.42 bits per heavy atom. The van der Waals surface area contributed by atoms with Crippen LogP contribution in [0.3, 0.4) is 0 Å². The first kappa shape index (κ1) is 16.1. The molecular weight excluding hydrogens is 254 g/mol. The van der Waals surface area contributed by atoms with Crippen molar-refractivity contribution in [2.24, 2.45) is 5.41 Å². The smallest absolute Gasteiger partial charge is 0.0761 e. The first-order chi connectivity index (χ1) is 8.94. The molecular formula is C16H23NOS. The van der Waals surface area contributed by atoms with Crippen LogP contribution in [0.1, 0.15) is 51.7 Å². The summed E-state index contributed by atoms with van der Waals surface area (Å²) in [5.74, 6) is 1.08. The summed E-state index contributed by atoms with van der Waals surface area (Å²) in [6.45, 7) is 5.77. The largest absolute Gasteiger partial charge is 0.389 e. The highest BCUT2D eigenvalue weighted by atomic mass is 32.2. The number of aliphatic hydroxyl groups is 1. The molecule has 0 heterocycles. The van der Waals surface area contributed by atoms with Crippen LogP contribution in [0.15, 0.2) is 29.2 Å². The normalized spacial score (nSPS) is 13.0. The van der Waals surface area contributed by atoms with Gasteiger partial charge in [0.1, 0.15) is 0 Å². The molecule has 0 radical (unpaired) electrons. The summed E-state index contributed by atoms with van der Waals surface area (Å²) in [5, 5.41) is 18.4. The molecule has 1 atom stereocenters. The number of hydrogen-bond donors (Lipinski definition) is 1. The van der Waals surface area contributed by atoms with Crippen molar-refractivity contribution in [1.29, 1.82) is 5.26 Å². The van der Waals surface area contributed by atoms with Crippen molar-refractivity contribution in [3.8, 4) is 6.07 Å². The van der Waals surface area contributed by atoms with Crippen LogP contribution < -0.4 is 0 Å². The Hall–Kier alpha value is -0.980. The van der Waals surface area contributed by atoms with Crippen molar-refractivity contribution in [3.63, 3.8) is 0 Å². The predicted molar refractivity (Wildman–Crippen MR) is 81.0 cm³/mol. The molecule has 0 bridgehead atoms. The third-order valence-electron chi connectivity index (χ3n) is 3.13. The number of aliphatic hydroxyl groups excluding tert-OH is 1. The number of thioether (sulfide) groups is 1. The van der Waals surface area contributed by atoms with E-state index in [0.717, 1.165) is 30.6 Å². The number of hydrogen-bond acceptors (Lipinski definition) is 3. The van der Waals surface area contributed by atoms with Crippen molar-refractivity contribution in [3.05, 3.63) is 29.8 Å². The van der Waals surface area contributed by atoms with Crippen LogP contribution in [0.2, 0.25) is 0 Å². The SMILES string of the molecule is CC(O)c1ccc(SCCCCC(C)(C)C#N)cc1. The Kier molecular flexibility index (Phi) is 6.41. The minimum Gasteiger partial charge on any atom is -0.389 e. The lowest BCUT2D eigenvalue weighted by molar-refractivity contribution is 0.199. The van der Waals surface area contributed by atoms with Crippen molar-refractivity contribution < 1.29 is 5.11 Å². The molecule has 0 saturated carbocycles. The zero-order chi connectivity index (χ0) is 14.3. The van der Waals surface area contributed by atoms with Crippen LogP contribution >= 0.6 is 11.8 Å². The molecule has 0 fully saturated rings. The Labute approximate surface area is 120 Å². The highest BCUT2D eigenvalue weighted by molar-refractivity contribution is 7.99. The quantitative estimate of drug-likeness (QED) is 0.587. The topological polar surface area (TPSA) is 44.0 Å². The van der Waals surface area contributed by atoms with E-state index in [2.05, 4.69) is 18.2 Å². The summed E-state index contributed by atoms with van der Waals surface area (Å²) in [7, 11) is 0. The highest BCUT2D eigenvalue weighted by Gasteiger charge is 2.15. The van der Waals surface area contributed by atoms with Gasteiger partial charge >= 0.3 is 0 Å². The van der Waals surface area contributed by atoms with E-state index < -0.39 is 6.10 Å². The molecule has 1 N–H and O–H groups in total. The molecule has 0 amide bonds. The molecule has 1 rings (SSSR count). The maximum Gasteiger partial charge on any atom is 0.0761 e. The van der Waals surface area contributed by atoms with Crippen molar-refractivity contribution in [2.45, 2.75) is 51.0 Å². The van der Waals surface area contributed by atoms with E-state index in [0.29, 0.717) is 0 Å². The lowest BCUT2D eigenvalue weighted by Gasteiger charge is -2.14. The summed E-state index contributed by atoms with van der Waals surface area (Å²) >= 11 is 1.83. The molecule has 2 nitrogen and oxygen atoms in total. The Morgan fingerprint density at radius 1 is 1.26 bits per heavy atom. The Bertz CT molecular complexity index is 417. The van der Waals surface area contributed by atoms with E-state index in [1.807, 2.05) is 37.7 Å². The fourth-order valence-electron chi connectivity index (χ4n) is 1.76. The molecule has 0 aliphatic rings. The molecule has 0 aliphatic carbocycles. The minimum absolute atomic E-state index is 0.191. The van der Waals surface area contributed by atoms with Gasteiger partial charge in [-0.1, -0.05) is 18.6 Å². The molecule has 1 unspecified atom stereocenters. The van der Waals surface area contributed by atoms with Gasteiger partial charge < -0.3 is 5.11 Å². The monoisotopic (exact) mass is 277 g/mol. The van der Waals surface area contributed by atoms with Gasteiger partial charge in [-0.2, -0.15) is 5.26 Å². The second kappa shape index (κ2) is 7.57. The van der Waals surface area contributed by atoms with Gasteiger partial charge in [0, 0.05) is 4.90 Å². The van der Waals surface area contributed by atoms with Crippen molar-refractivity contribution in [2.75, 3.05) is 5.75 Å². The summed E-state index contributed by atoms with van der Waals surface area (Å²) in [4.78, 5) is 1.24. The molecule has 0 aliphatic heterocycles. The predicted octanol–water partition coefficient (Wildman–Crippen LogP) is 4.55. The average molecular weight is 277 g/mol. The van der Waals surface area contributed by atoms with Gasteiger partial charge in [0.25, 0.3) is 0 Å². The number of benzene rings is 1. The van der Waals surface area contributed by atoms with Gasteiger partial charge in [-0.3, -0.25) is 0 Å². The van der Waals surface area contributed by atoms with Crippen molar-refractivity contribution in [1.82, 2.24) is 0 Å². The molecule has 0 saturated heterocycles. The highest BCUT2D eigenvalue weighted by Crippen LogP contribution is 2.25. The fraction of sp³-hybridized carbons (Fsp3) is 0.562. The number of unbranched alkanes of at least 4 members (excludes halogenated alkanes) is 1. The van der Waals surface area contributed by atoms with Gasteiger partial charge in [0.2, 0.25) is 0 Å². The summed E-state index contributed by atoms with van der Waals surface area (Å²) in [6, 6.07) is 10.4. The number of nitrogens with zero attached hydrogens (tertiary/aromatic N) is 1. The first-order valence-corrected chi connectivity index (χ1v) is 7.75. The van der Waals surface area contributed by atoms with E-state index in [9.17, 15) is 5.11 Å². The van der Waals surface area contributed by atoms with Crippen LogP contribution in [0, 0.1) is 16.7 Å². The molecule has 104 valence electrons. The van der Waals surface area contributed by atoms with Crippen LogP contribution in [-0.2, 0) is 0 Å². The van der Waals surface area contributed by atoms with Gasteiger partial charge in [0.15, 0.2) is 0 Å². The van der Waals surface area contributed by atoms with Crippen LogP contribution in [0.5, 0.6) is 0 Å². The van der Waals surface area contributed by atoms with E-state index in [-0.39, 0.29) is 5.41 Å². The van der Waals surface area contributed by atoms with Crippen LogP contribution in [0.4, 0.5) is 0 Å². The molecule has 1 aromatic rings. The first-order valence-electron chi connectivity index (χ1n) is 6.77. The molecule has 0 spiro atoms. The van der Waals surface area contributed by atoms with E-state index >= 15 is 0 Å². The Balaban J connectivity index is 2.25. The third kappa shape index (κ3) is 6.13. The molecule has 0 aromatic heterocycles. The van der Waals surface area contributed by atoms with E-state index in [4.69, 9.17) is 5.26 Å². The van der Waals surface area contributed by atoms with Gasteiger partial charge in [-0.25, -0.2) is 0 Å².